The third-order valence-corrected chi connectivity index (χ3v) is 3.63. The first-order valence-electron chi connectivity index (χ1n) is 6.62. The van der Waals surface area contributed by atoms with E-state index in [4.69, 9.17) is 5.84 Å². The van der Waals surface area contributed by atoms with Crippen LogP contribution in [0.3, 0.4) is 0 Å². The number of anilines is 2. The summed E-state index contributed by atoms with van der Waals surface area (Å²) in [5.41, 5.74) is 5.51. The molecular weight excluding hydrogens is 236 g/mol. The number of nitrogen functional groups attached to an aromatic ring is 1. The fraction of sp³-hybridized carbons (Fsp3) is 0.267. The molecule has 0 aliphatic carbocycles. The number of pyridine rings is 1. The Hall–Kier alpha value is -2.07. The first-order valence-corrected chi connectivity index (χ1v) is 6.62. The van der Waals surface area contributed by atoms with E-state index >= 15 is 0 Å². The number of fused-ring (bicyclic) bond motifs is 1. The molecule has 0 spiro atoms. The molecule has 0 unspecified atom stereocenters. The fourth-order valence-electron chi connectivity index (χ4n) is 2.58. The van der Waals surface area contributed by atoms with Crippen molar-refractivity contribution in [1.82, 2.24) is 4.98 Å². The van der Waals surface area contributed by atoms with Crippen molar-refractivity contribution in [2.24, 2.45) is 5.84 Å². The average Bonchev–Trinajstić information content (AvgIpc) is 2.70. The number of hydrazine groups is 1. The highest BCUT2D eigenvalue weighted by Crippen LogP contribution is 2.20. The van der Waals surface area contributed by atoms with E-state index in [0.29, 0.717) is 5.82 Å². The van der Waals surface area contributed by atoms with E-state index in [9.17, 15) is 0 Å². The largest absolute Gasteiger partial charge is 0.356 e. The molecule has 19 heavy (non-hydrogen) atoms. The van der Waals surface area contributed by atoms with Gasteiger partial charge in [0.15, 0.2) is 0 Å². The molecule has 4 heteroatoms. The highest BCUT2D eigenvalue weighted by molar-refractivity contribution is 5.47. The Labute approximate surface area is 113 Å². The molecule has 0 atom stereocenters. The van der Waals surface area contributed by atoms with Crippen LogP contribution in [0, 0.1) is 0 Å². The van der Waals surface area contributed by atoms with E-state index in [0.717, 1.165) is 31.7 Å². The smallest absolute Gasteiger partial charge is 0.142 e. The molecule has 4 nitrogen and oxygen atoms in total. The van der Waals surface area contributed by atoms with E-state index in [1.165, 1.54) is 11.1 Å². The molecule has 1 aliphatic rings. The molecular formula is C15H18N4. The van der Waals surface area contributed by atoms with Crippen LogP contribution < -0.4 is 16.2 Å². The molecule has 0 bridgehead atoms. The lowest BCUT2D eigenvalue weighted by Gasteiger charge is -2.21. The Balaban J connectivity index is 1.81. The van der Waals surface area contributed by atoms with Gasteiger partial charge in [0.2, 0.25) is 0 Å². The second kappa shape index (κ2) is 5.28. The number of nitrogens with zero attached hydrogens (tertiary/aromatic N) is 2. The zero-order chi connectivity index (χ0) is 13.1. The van der Waals surface area contributed by atoms with Gasteiger partial charge in [-0.05, 0) is 36.1 Å². The summed E-state index contributed by atoms with van der Waals surface area (Å²) in [5, 5.41) is 0. The van der Waals surface area contributed by atoms with Gasteiger partial charge in [-0.1, -0.05) is 30.3 Å². The van der Waals surface area contributed by atoms with Crippen molar-refractivity contribution in [2.75, 3.05) is 23.4 Å². The van der Waals surface area contributed by atoms with Crippen LogP contribution in [0.25, 0.3) is 0 Å². The maximum atomic E-state index is 5.42. The van der Waals surface area contributed by atoms with Gasteiger partial charge in [0, 0.05) is 13.1 Å². The summed E-state index contributed by atoms with van der Waals surface area (Å²) in [6.45, 7) is 2.00. The first kappa shape index (κ1) is 12.0. The summed E-state index contributed by atoms with van der Waals surface area (Å²) < 4.78 is 0. The third kappa shape index (κ3) is 2.53. The zero-order valence-electron chi connectivity index (χ0n) is 10.8. The number of rotatable bonds is 2. The van der Waals surface area contributed by atoms with Crippen molar-refractivity contribution in [3.63, 3.8) is 0 Å². The maximum Gasteiger partial charge on any atom is 0.142 e. The number of nitrogens with two attached hydrogens (primary N) is 1. The molecule has 1 aromatic carbocycles. The van der Waals surface area contributed by atoms with Crippen molar-refractivity contribution < 1.29 is 0 Å². The summed E-state index contributed by atoms with van der Waals surface area (Å²) in [7, 11) is 0. The van der Waals surface area contributed by atoms with Crippen molar-refractivity contribution >= 4 is 11.6 Å². The van der Waals surface area contributed by atoms with Crippen molar-refractivity contribution in [1.29, 1.82) is 0 Å². The maximum absolute atomic E-state index is 5.42. The van der Waals surface area contributed by atoms with Gasteiger partial charge in [0.25, 0.3) is 0 Å². The van der Waals surface area contributed by atoms with Gasteiger partial charge in [-0.25, -0.2) is 10.8 Å². The van der Waals surface area contributed by atoms with Crippen LogP contribution in [0.4, 0.5) is 11.6 Å². The van der Waals surface area contributed by atoms with Crippen molar-refractivity contribution in [2.45, 2.75) is 12.8 Å². The van der Waals surface area contributed by atoms with Gasteiger partial charge in [-0.3, -0.25) is 0 Å². The number of benzene rings is 1. The highest BCUT2D eigenvalue weighted by atomic mass is 15.3. The van der Waals surface area contributed by atoms with Crippen LogP contribution in [0.5, 0.6) is 0 Å². The van der Waals surface area contributed by atoms with Crippen LogP contribution in [0.15, 0.2) is 42.5 Å². The van der Waals surface area contributed by atoms with Crippen LogP contribution in [-0.4, -0.2) is 18.1 Å². The van der Waals surface area contributed by atoms with Gasteiger partial charge in [0.05, 0.1) is 0 Å². The van der Waals surface area contributed by atoms with Crippen molar-refractivity contribution in [3.8, 4) is 0 Å². The lowest BCUT2D eigenvalue weighted by atomic mass is 10.0. The minimum absolute atomic E-state index is 0.708. The average molecular weight is 254 g/mol. The summed E-state index contributed by atoms with van der Waals surface area (Å²) in [6.07, 6.45) is 2.14. The van der Waals surface area contributed by atoms with Crippen molar-refractivity contribution in [3.05, 3.63) is 53.6 Å². The number of aromatic nitrogens is 1. The molecule has 98 valence electrons. The summed E-state index contributed by atoms with van der Waals surface area (Å²) >= 11 is 0. The second-order valence-electron chi connectivity index (χ2n) is 4.78. The van der Waals surface area contributed by atoms with E-state index in [-0.39, 0.29) is 0 Å². The van der Waals surface area contributed by atoms with Crippen LogP contribution >= 0.6 is 0 Å². The Kier molecular flexibility index (Phi) is 3.33. The SMILES string of the molecule is NNc1cccc(N2CCc3ccccc3CC2)n1. The predicted octanol–water partition coefficient (Wildman–Crippen LogP) is 1.97. The minimum atomic E-state index is 0.708. The van der Waals surface area contributed by atoms with E-state index < -0.39 is 0 Å². The standard InChI is InChI=1S/C15H18N4/c16-18-14-6-3-7-15(17-14)19-10-8-12-4-1-2-5-13(12)9-11-19/h1-7H,8-11,16H2,(H,17,18). The molecule has 0 saturated carbocycles. The second-order valence-corrected chi connectivity index (χ2v) is 4.78. The van der Waals surface area contributed by atoms with Gasteiger partial charge in [0.1, 0.15) is 11.6 Å². The van der Waals surface area contributed by atoms with E-state index in [2.05, 4.69) is 39.6 Å². The molecule has 0 saturated heterocycles. The molecule has 1 aromatic heterocycles. The molecule has 0 fully saturated rings. The molecule has 3 rings (SSSR count). The quantitative estimate of drug-likeness (QED) is 0.635. The lowest BCUT2D eigenvalue weighted by molar-refractivity contribution is 0.791. The Morgan fingerprint density at radius 3 is 2.26 bits per heavy atom. The Morgan fingerprint density at radius 2 is 1.63 bits per heavy atom. The molecule has 1 aliphatic heterocycles. The summed E-state index contributed by atoms with van der Waals surface area (Å²) in [6, 6.07) is 14.6. The van der Waals surface area contributed by atoms with Crippen LogP contribution in [0.1, 0.15) is 11.1 Å². The number of hydrogen-bond donors (Lipinski definition) is 2. The topological polar surface area (TPSA) is 54.2 Å². The lowest BCUT2D eigenvalue weighted by Crippen LogP contribution is -2.27. The first-order chi connectivity index (χ1) is 9.36. The molecule has 2 aromatic rings. The Morgan fingerprint density at radius 1 is 0.947 bits per heavy atom. The normalized spacial score (nSPS) is 14.7. The monoisotopic (exact) mass is 254 g/mol. The minimum Gasteiger partial charge on any atom is -0.356 e. The van der Waals surface area contributed by atoms with Gasteiger partial charge in [-0.2, -0.15) is 0 Å². The van der Waals surface area contributed by atoms with Crippen LogP contribution in [0.2, 0.25) is 0 Å². The van der Waals surface area contributed by atoms with Gasteiger partial charge >= 0.3 is 0 Å². The summed E-state index contributed by atoms with van der Waals surface area (Å²) in [4.78, 5) is 6.83. The van der Waals surface area contributed by atoms with Crippen LogP contribution in [-0.2, 0) is 12.8 Å². The zero-order valence-corrected chi connectivity index (χ0v) is 10.8. The number of nitrogens with one attached hydrogen (secondary N) is 1. The molecule has 0 radical (unpaired) electrons. The fourth-order valence-corrected chi connectivity index (χ4v) is 2.58. The summed E-state index contributed by atoms with van der Waals surface area (Å²) in [5.74, 6) is 7.11. The van der Waals surface area contributed by atoms with Gasteiger partial charge < -0.3 is 10.3 Å². The molecule has 3 N–H and O–H groups in total. The van der Waals surface area contributed by atoms with E-state index in [1.54, 1.807) is 0 Å². The Bertz CT molecular complexity index is 541. The molecule has 2 heterocycles. The predicted molar refractivity (Wildman–Crippen MR) is 78.1 cm³/mol. The molecule has 0 amide bonds. The van der Waals surface area contributed by atoms with Gasteiger partial charge in [-0.15, -0.1) is 0 Å². The highest BCUT2D eigenvalue weighted by Gasteiger charge is 2.14. The number of hydrogen-bond acceptors (Lipinski definition) is 4. The third-order valence-electron chi connectivity index (χ3n) is 3.63. The van der Waals surface area contributed by atoms with E-state index in [1.807, 2.05) is 18.2 Å².